The molecule has 0 fully saturated rings. The number of nitrogens with zero attached hydrogens (tertiary/aromatic N) is 2. The molecule has 7 nitrogen and oxygen atoms in total. The maximum Gasteiger partial charge on any atom is 0.322 e. The summed E-state index contributed by atoms with van der Waals surface area (Å²) in [5, 5.41) is 9.63. The number of carbonyl (C=O) groups is 1. The van der Waals surface area contributed by atoms with Gasteiger partial charge in [-0.15, -0.1) is 0 Å². The van der Waals surface area contributed by atoms with E-state index < -0.39 is 33.9 Å². The van der Waals surface area contributed by atoms with Crippen molar-refractivity contribution in [2.75, 3.05) is 7.11 Å². The zero-order valence-electron chi connectivity index (χ0n) is 15.2. The van der Waals surface area contributed by atoms with Crippen molar-refractivity contribution in [3.05, 3.63) is 54.1 Å². The van der Waals surface area contributed by atoms with Crippen molar-refractivity contribution in [1.82, 2.24) is 9.29 Å². The minimum Gasteiger partial charge on any atom is -0.497 e. The monoisotopic (exact) mass is 396 g/mol. The van der Waals surface area contributed by atoms with Crippen molar-refractivity contribution in [2.45, 2.75) is 31.3 Å². The number of rotatable bonds is 8. The van der Waals surface area contributed by atoms with Gasteiger partial charge in [0.25, 0.3) is 0 Å². The van der Waals surface area contributed by atoms with E-state index >= 15 is 0 Å². The second-order valence-electron chi connectivity index (χ2n) is 6.24. The number of hydrogen-bond acceptors (Lipinski definition) is 5. The van der Waals surface area contributed by atoms with Crippen LogP contribution in [0.3, 0.4) is 0 Å². The number of aliphatic carboxylic acids is 1. The highest BCUT2D eigenvalue weighted by Crippen LogP contribution is 2.26. The van der Waals surface area contributed by atoms with Gasteiger partial charge in [-0.1, -0.05) is 19.9 Å². The number of pyridine rings is 1. The first-order valence-corrected chi connectivity index (χ1v) is 9.60. The smallest absolute Gasteiger partial charge is 0.322 e. The Morgan fingerprint density at radius 3 is 2.30 bits per heavy atom. The first-order chi connectivity index (χ1) is 12.7. The molecule has 1 aromatic heterocycles. The van der Waals surface area contributed by atoms with E-state index in [1.54, 1.807) is 13.8 Å². The van der Waals surface area contributed by atoms with E-state index in [2.05, 4.69) is 4.98 Å². The Morgan fingerprint density at radius 2 is 1.85 bits per heavy atom. The highest BCUT2D eigenvalue weighted by molar-refractivity contribution is 7.89. The molecule has 0 aliphatic heterocycles. The molecule has 9 heteroatoms. The summed E-state index contributed by atoms with van der Waals surface area (Å²) in [5.41, 5.74) is 0.375. The number of ether oxygens (including phenoxy) is 1. The molecular weight excluding hydrogens is 375 g/mol. The molecule has 0 amide bonds. The Hall–Kier alpha value is -2.52. The zero-order chi connectivity index (χ0) is 20.2. The Morgan fingerprint density at radius 1 is 1.22 bits per heavy atom. The molecule has 0 spiro atoms. The summed E-state index contributed by atoms with van der Waals surface area (Å²) in [6.45, 7) is 2.99. The van der Waals surface area contributed by atoms with Crippen molar-refractivity contribution in [2.24, 2.45) is 5.92 Å². The van der Waals surface area contributed by atoms with Crippen LogP contribution < -0.4 is 4.74 Å². The molecule has 146 valence electrons. The summed E-state index contributed by atoms with van der Waals surface area (Å²) >= 11 is 0. The Bertz CT molecular complexity index is 883. The van der Waals surface area contributed by atoms with Crippen LogP contribution >= 0.6 is 0 Å². The van der Waals surface area contributed by atoms with Crippen LogP contribution in [0.5, 0.6) is 5.75 Å². The summed E-state index contributed by atoms with van der Waals surface area (Å²) in [6, 6.07) is 6.83. The number of sulfonamides is 1. The second-order valence-corrected chi connectivity index (χ2v) is 8.13. The number of carboxylic acids is 1. The molecule has 1 heterocycles. The maximum absolute atomic E-state index is 13.2. The van der Waals surface area contributed by atoms with E-state index in [1.807, 2.05) is 0 Å². The quantitative estimate of drug-likeness (QED) is 0.689. The normalized spacial score (nSPS) is 13.0. The van der Waals surface area contributed by atoms with Crippen LogP contribution in [-0.2, 0) is 21.4 Å². The minimum atomic E-state index is -4.15. The van der Waals surface area contributed by atoms with Crippen molar-refractivity contribution in [3.63, 3.8) is 0 Å². The van der Waals surface area contributed by atoms with Gasteiger partial charge in [-0.05, 0) is 41.8 Å². The van der Waals surface area contributed by atoms with Crippen LogP contribution in [0.2, 0.25) is 0 Å². The van der Waals surface area contributed by atoms with Gasteiger partial charge in [-0.2, -0.15) is 8.70 Å². The molecule has 0 aliphatic rings. The maximum atomic E-state index is 13.2. The van der Waals surface area contributed by atoms with Gasteiger partial charge in [0.15, 0.2) is 0 Å². The average molecular weight is 396 g/mol. The Kier molecular flexibility index (Phi) is 6.50. The summed E-state index contributed by atoms with van der Waals surface area (Å²) in [7, 11) is -2.69. The van der Waals surface area contributed by atoms with E-state index in [0.717, 1.165) is 10.4 Å². The first-order valence-electron chi connectivity index (χ1n) is 8.16. The van der Waals surface area contributed by atoms with E-state index in [4.69, 9.17) is 4.74 Å². The zero-order valence-corrected chi connectivity index (χ0v) is 16.0. The van der Waals surface area contributed by atoms with Gasteiger partial charge in [0.2, 0.25) is 16.0 Å². The van der Waals surface area contributed by atoms with E-state index in [1.165, 1.54) is 43.6 Å². The number of aromatic nitrogens is 1. The molecule has 27 heavy (non-hydrogen) atoms. The van der Waals surface area contributed by atoms with Crippen molar-refractivity contribution >= 4 is 16.0 Å². The minimum absolute atomic E-state index is 0.0646. The number of carboxylic acid groups (broad SMARTS) is 1. The number of halogens is 1. The molecule has 1 aromatic carbocycles. The molecule has 0 aliphatic carbocycles. The Balaban J connectivity index is 2.51. The molecule has 1 atom stereocenters. The van der Waals surface area contributed by atoms with Crippen LogP contribution in [0, 0.1) is 11.9 Å². The molecular formula is C18H21FN2O5S. The average Bonchev–Trinajstić information content (AvgIpc) is 2.62. The van der Waals surface area contributed by atoms with E-state index in [9.17, 15) is 22.7 Å². The summed E-state index contributed by atoms with van der Waals surface area (Å²) in [6.07, 6.45) is 1.19. The van der Waals surface area contributed by atoms with E-state index in [-0.39, 0.29) is 11.4 Å². The standard InChI is InChI=1S/C18H21FN2O5S/c1-12(2)17(18(22)23)21(11-13-4-9-16(19)20-10-13)27(24,25)15-7-5-14(26-3)6-8-15/h4-10,12,17H,11H2,1-3H3,(H,22,23)/t17-/m1/s1. The lowest BCUT2D eigenvalue weighted by molar-refractivity contribution is -0.143. The third kappa shape index (κ3) is 4.81. The molecule has 1 N–H and O–H groups in total. The lowest BCUT2D eigenvalue weighted by Crippen LogP contribution is -2.47. The molecule has 0 unspecified atom stereocenters. The molecule has 0 bridgehead atoms. The highest BCUT2D eigenvalue weighted by atomic mass is 32.2. The summed E-state index contributed by atoms with van der Waals surface area (Å²) in [4.78, 5) is 15.2. The molecule has 2 aromatic rings. The van der Waals surface area contributed by atoms with Gasteiger partial charge in [0.1, 0.15) is 11.8 Å². The molecule has 2 rings (SSSR count). The number of benzene rings is 1. The first kappa shape index (κ1) is 20.8. The Labute approximate surface area is 157 Å². The predicted molar refractivity (Wildman–Crippen MR) is 96.2 cm³/mol. The fraction of sp³-hybridized carbons (Fsp3) is 0.333. The van der Waals surface area contributed by atoms with Gasteiger partial charge >= 0.3 is 5.97 Å². The van der Waals surface area contributed by atoms with Crippen LogP contribution in [0.25, 0.3) is 0 Å². The molecule has 0 saturated heterocycles. The van der Waals surface area contributed by atoms with Gasteiger partial charge in [0.05, 0.1) is 12.0 Å². The lowest BCUT2D eigenvalue weighted by Gasteiger charge is -2.30. The van der Waals surface area contributed by atoms with Crippen LogP contribution in [0.15, 0.2) is 47.5 Å². The summed E-state index contributed by atoms with van der Waals surface area (Å²) < 4.78 is 45.3. The van der Waals surface area contributed by atoms with Crippen LogP contribution in [0.1, 0.15) is 19.4 Å². The fourth-order valence-corrected chi connectivity index (χ4v) is 4.34. The van der Waals surface area contributed by atoms with Gasteiger partial charge < -0.3 is 9.84 Å². The van der Waals surface area contributed by atoms with E-state index in [0.29, 0.717) is 11.3 Å². The third-order valence-electron chi connectivity index (χ3n) is 3.99. The molecule has 0 saturated carbocycles. The topological polar surface area (TPSA) is 96.8 Å². The largest absolute Gasteiger partial charge is 0.497 e. The SMILES string of the molecule is COc1ccc(S(=O)(=O)N(Cc2ccc(F)nc2)[C@@H](C(=O)O)C(C)C)cc1. The molecule has 0 radical (unpaired) electrons. The second kappa shape index (κ2) is 8.45. The highest BCUT2D eigenvalue weighted by Gasteiger charge is 2.38. The van der Waals surface area contributed by atoms with Crippen molar-refractivity contribution in [3.8, 4) is 5.75 Å². The van der Waals surface area contributed by atoms with Crippen molar-refractivity contribution < 1.29 is 27.4 Å². The lowest BCUT2D eigenvalue weighted by atomic mass is 10.0. The van der Waals surface area contributed by atoms with Crippen LogP contribution in [-0.4, -0.2) is 41.9 Å². The van der Waals surface area contributed by atoms with Gasteiger partial charge in [-0.3, -0.25) is 4.79 Å². The predicted octanol–water partition coefficient (Wildman–Crippen LogP) is 2.53. The number of methoxy groups -OCH3 is 1. The van der Waals surface area contributed by atoms with Crippen LogP contribution in [0.4, 0.5) is 4.39 Å². The third-order valence-corrected chi connectivity index (χ3v) is 5.83. The van der Waals surface area contributed by atoms with Crippen molar-refractivity contribution in [1.29, 1.82) is 0 Å². The summed E-state index contributed by atoms with van der Waals surface area (Å²) in [5.74, 6) is -2.00. The number of hydrogen-bond donors (Lipinski definition) is 1. The van der Waals surface area contributed by atoms with Gasteiger partial charge in [0, 0.05) is 12.7 Å². The van der Waals surface area contributed by atoms with Gasteiger partial charge in [-0.25, -0.2) is 13.4 Å². The fourth-order valence-electron chi connectivity index (χ4n) is 2.64.